The van der Waals surface area contributed by atoms with Crippen molar-refractivity contribution in [3.05, 3.63) is 28.4 Å². The number of rotatable bonds is 1. The molecule has 0 saturated heterocycles. The second kappa shape index (κ2) is 4.74. The molecule has 0 saturated carbocycles. The molecule has 0 aliphatic carbocycles. The maximum absolute atomic E-state index is 12.3. The number of hydrogen-bond acceptors (Lipinski definition) is 1. The molecule has 0 amide bonds. The summed E-state index contributed by atoms with van der Waals surface area (Å²) in [5.74, 6) is -1.42. The van der Waals surface area contributed by atoms with Crippen LogP contribution in [0.1, 0.15) is 0 Å². The first-order valence-corrected chi connectivity index (χ1v) is 2.99. The van der Waals surface area contributed by atoms with Gasteiger partial charge in [0.15, 0.2) is 5.82 Å². The van der Waals surface area contributed by atoms with Crippen molar-refractivity contribution >= 4 is 12.4 Å². The summed E-state index contributed by atoms with van der Waals surface area (Å²) in [7, 11) is 0. The van der Waals surface area contributed by atoms with Crippen LogP contribution in [0.5, 0.6) is 0 Å². The molecule has 0 aromatic carbocycles. The average Bonchev–Trinajstić information content (AvgIpc) is 1.92. The van der Waals surface area contributed by atoms with Crippen LogP contribution in [0.15, 0.2) is 17.1 Å². The summed E-state index contributed by atoms with van der Waals surface area (Å²) >= 11 is 0. The first-order chi connectivity index (χ1) is 5.41. The van der Waals surface area contributed by atoms with E-state index in [1.807, 2.05) is 0 Å². The van der Waals surface area contributed by atoms with Crippen LogP contribution in [0.4, 0.5) is 17.3 Å². The summed E-state index contributed by atoms with van der Waals surface area (Å²) in [5, 5.41) is 0. The molecular formula is C5H3BF4KNO. The summed E-state index contributed by atoms with van der Waals surface area (Å²) < 4.78 is 47.9. The Morgan fingerprint density at radius 2 is 1.85 bits per heavy atom. The van der Waals surface area contributed by atoms with E-state index in [4.69, 9.17) is 0 Å². The third-order valence-electron chi connectivity index (χ3n) is 1.26. The van der Waals surface area contributed by atoms with Crippen molar-refractivity contribution in [1.82, 2.24) is 4.98 Å². The molecule has 0 fully saturated rings. The van der Waals surface area contributed by atoms with Gasteiger partial charge in [-0.3, -0.25) is 4.79 Å². The fraction of sp³-hybridized carbons (Fsp3) is 0. The molecule has 0 bridgehead atoms. The van der Waals surface area contributed by atoms with Gasteiger partial charge in [0.05, 0.1) is 0 Å². The Morgan fingerprint density at radius 3 is 2.23 bits per heavy atom. The molecular weight excluding hydrogens is 216 g/mol. The van der Waals surface area contributed by atoms with Gasteiger partial charge >= 0.3 is 58.4 Å². The smallest absolute Gasteiger partial charge is 0.445 e. The van der Waals surface area contributed by atoms with Crippen LogP contribution < -0.4 is 62.4 Å². The number of halogens is 4. The van der Waals surface area contributed by atoms with Crippen molar-refractivity contribution < 1.29 is 68.7 Å². The van der Waals surface area contributed by atoms with Gasteiger partial charge in [0.2, 0.25) is 0 Å². The summed E-state index contributed by atoms with van der Waals surface area (Å²) in [5.41, 5.74) is -2.30. The van der Waals surface area contributed by atoms with E-state index in [-0.39, 0.29) is 57.5 Å². The van der Waals surface area contributed by atoms with Crippen molar-refractivity contribution in [2.75, 3.05) is 0 Å². The van der Waals surface area contributed by atoms with E-state index in [1.54, 1.807) is 4.98 Å². The fourth-order valence-corrected chi connectivity index (χ4v) is 0.660. The van der Waals surface area contributed by atoms with Gasteiger partial charge in [-0.25, -0.2) is 4.39 Å². The SMILES string of the molecule is O=c1[nH]cc([B-](F)(F)F)cc1F.[K+]. The van der Waals surface area contributed by atoms with Crippen LogP contribution in [-0.2, 0) is 0 Å². The van der Waals surface area contributed by atoms with Crippen molar-refractivity contribution in [2.45, 2.75) is 0 Å². The van der Waals surface area contributed by atoms with Gasteiger partial charge in [-0.05, 0) is 12.3 Å². The van der Waals surface area contributed by atoms with E-state index in [0.717, 1.165) is 0 Å². The second-order valence-corrected chi connectivity index (χ2v) is 2.18. The first kappa shape index (κ1) is 13.4. The van der Waals surface area contributed by atoms with E-state index in [1.165, 1.54) is 0 Å². The first-order valence-electron chi connectivity index (χ1n) is 2.99. The maximum atomic E-state index is 12.3. The minimum absolute atomic E-state index is 0. The van der Waals surface area contributed by atoms with E-state index in [9.17, 15) is 22.1 Å². The van der Waals surface area contributed by atoms with E-state index in [0.29, 0.717) is 6.20 Å². The third-order valence-corrected chi connectivity index (χ3v) is 1.26. The Hall–Kier alpha value is 0.371. The zero-order valence-electron chi connectivity index (χ0n) is 6.65. The molecule has 66 valence electrons. The van der Waals surface area contributed by atoms with Gasteiger partial charge < -0.3 is 17.9 Å². The zero-order valence-corrected chi connectivity index (χ0v) is 9.78. The molecule has 8 heteroatoms. The predicted octanol–water partition coefficient (Wildman–Crippen LogP) is -2.43. The number of H-pyrrole nitrogens is 1. The molecule has 0 spiro atoms. The molecule has 0 atom stereocenters. The van der Waals surface area contributed by atoms with Gasteiger partial charge in [-0.15, -0.1) is 0 Å². The maximum Gasteiger partial charge on any atom is 1.00 e. The van der Waals surface area contributed by atoms with E-state index < -0.39 is 23.8 Å². The topological polar surface area (TPSA) is 32.9 Å². The van der Waals surface area contributed by atoms with Gasteiger partial charge in [-0.1, -0.05) is 5.46 Å². The Bertz CT molecular complexity index is 349. The molecule has 1 heterocycles. The number of aromatic nitrogens is 1. The van der Waals surface area contributed by atoms with E-state index in [2.05, 4.69) is 0 Å². The largest absolute Gasteiger partial charge is 1.00 e. The standard InChI is InChI=1S/C5H3BF4NO.K/c7-4-1-3(6(8,9)10)2-11-5(4)12;/h1-2H,(H,11,12);/q-1;+1. The van der Waals surface area contributed by atoms with Crippen LogP contribution in [0.3, 0.4) is 0 Å². The summed E-state index contributed by atoms with van der Waals surface area (Å²) in [4.78, 5) is 11.9. The Balaban J connectivity index is 0.00000144. The van der Waals surface area contributed by atoms with Gasteiger partial charge in [0.25, 0.3) is 5.56 Å². The minimum atomic E-state index is -5.25. The Morgan fingerprint density at radius 1 is 1.31 bits per heavy atom. The fourth-order valence-electron chi connectivity index (χ4n) is 0.660. The molecule has 0 aliphatic rings. The van der Waals surface area contributed by atoms with Gasteiger partial charge in [0.1, 0.15) is 0 Å². The molecule has 1 aromatic heterocycles. The Kier molecular flexibility index (Phi) is 4.88. The molecule has 0 unspecified atom stereocenters. The predicted molar refractivity (Wildman–Crippen MR) is 35.7 cm³/mol. The molecule has 0 aliphatic heterocycles. The molecule has 2 nitrogen and oxygen atoms in total. The van der Waals surface area contributed by atoms with Gasteiger partial charge in [0, 0.05) is 0 Å². The van der Waals surface area contributed by atoms with Crippen molar-refractivity contribution in [2.24, 2.45) is 0 Å². The van der Waals surface area contributed by atoms with E-state index >= 15 is 0 Å². The number of pyridine rings is 1. The van der Waals surface area contributed by atoms with Crippen LogP contribution in [-0.4, -0.2) is 12.0 Å². The molecule has 0 radical (unpaired) electrons. The van der Waals surface area contributed by atoms with Crippen molar-refractivity contribution in [3.63, 3.8) is 0 Å². The Labute approximate surface area is 113 Å². The average molecular weight is 219 g/mol. The van der Waals surface area contributed by atoms with Crippen LogP contribution >= 0.6 is 0 Å². The molecule has 1 N–H and O–H groups in total. The summed E-state index contributed by atoms with van der Waals surface area (Å²) in [6.45, 7) is -5.25. The number of nitrogens with one attached hydrogen (secondary N) is 1. The quantitative estimate of drug-likeness (QED) is 0.413. The zero-order chi connectivity index (χ0) is 9.35. The van der Waals surface area contributed by atoms with Crippen molar-refractivity contribution in [1.29, 1.82) is 0 Å². The van der Waals surface area contributed by atoms with Crippen LogP contribution in [0.25, 0.3) is 0 Å². The monoisotopic (exact) mass is 219 g/mol. The molecule has 13 heavy (non-hydrogen) atoms. The van der Waals surface area contributed by atoms with Gasteiger partial charge in [-0.2, -0.15) is 0 Å². The summed E-state index contributed by atoms with van der Waals surface area (Å²) in [6.07, 6.45) is 0.450. The molecule has 1 aromatic rings. The normalized spacial score (nSPS) is 10.8. The van der Waals surface area contributed by atoms with Crippen LogP contribution in [0.2, 0.25) is 0 Å². The second-order valence-electron chi connectivity index (χ2n) is 2.18. The van der Waals surface area contributed by atoms with Crippen LogP contribution in [0, 0.1) is 5.82 Å². The van der Waals surface area contributed by atoms with Crippen molar-refractivity contribution in [3.8, 4) is 0 Å². The minimum Gasteiger partial charge on any atom is -0.445 e. The number of hydrogen-bond donors (Lipinski definition) is 1. The molecule has 1 rings (SSSR count). The third kappa shape index (κ3) is 3.55. The summed E-state index contributed by atoms with van der Waals surface area (Å²) in [6, 6.07) is 0.179. The number of aromatic amines is 1.